The first kappa shape index (κ1) is 16.5. The molecule has 0 saturated carbocycles. The fourth-order valence-corrected chi connectivity index (χ4v) is 2.45. The van der Waals surface area contributed by atoms with Crippen molar-refractivity contribution in [3.63, 3.8) is 0 Å². The molecule has 0 atom stereocenters. The Kier molecular flexibility index (Phi) is 5.22. The van der Waals surface area contributed by atoms with Crippen LogP contribution in [0.25, 0.3) is 5.57 Å². The zero-order valence-corrected chi connectivity index (χ0v) is 14.0. The van der Waals surface area contributed by atoms with Gasteiger partial charge in [-0.25, -0.2) is 0 Å². The highest BCUT2D eigenvalue weighted by Gasteiger charge is 2.17. The van der Waals surface area contributed by atoms with Crippen LogP contribution in [0.3, 0.4) is 0 Å². The Balaban J connectivity index is 1.72. The van der Waals surface area contributed by atoms with Gasteiger partial charge in [0.25, 0.3) is 0 Å². The van der Waals surface area contributed by atoms with E-state index in [1.165, 1.54) is 0 Å². The topological polar surface area (TPSA) is 90.9 Å². The number of allylic oxidation sites excluding steroid dienone is 2. The highest BCUT2D eigenvalue weighted by molar-refractivity contribution is 5.90. The Hall–Kier alpha value is -3.40. The molecule has 2 N–H and O–H groups in total. The molecule has 0 spiro atoms. The van der Waals surface area contributed by atoms with E-state index in [4.69, 9.17) is 0 Å². The van der Waals surface area contributed by atoms with Gasteiger partial charge in [-0.15, -0.1) is 0 Å². The summed E-state index contributed by atoms with van der Waals surface area (Å²) >= 11 is 0. The fourth-order valence-electron chi connectivity index (χ4n) is 2.45. The van der Waals surface area contributed by atoms with Gasteiger partial charge in [0.1, 0.15) is 11.6 Å². The van der Waals surface area contributed by atoms with Gasteiger partial charge < -0.3 is 10.6 Å². The summed E-state index contributed by atoms with van der Waals surface area (Å²) in [5, 5.41) is 20.1. The van der Waals surface area contributed by atoms with Gasteiger partial charge in [0, 0.05) is 37.9 Å². The molecule has 2 aromatic heterocycles. The molecule has 1 aliphatic rings. The maximum atomic E-state index is 9.57. The van der Waals surface area contributed by atoms with Crippen molar-refractivity contribution in [2.24, 2.45) is 4.99 Å². The Morgan fingerprint density at radius 1 is 1.32 bits per heavy atom. The van der Waals surface area contributed by atoms with E-state index >= 15 is 0 Å². The van der Waals surface area contributed by atoms with Crippen LogP contribution in [-0.4, -0.2) is 27.3 Å². The van der Waals surface area contributed by atoms with Crippen molar-refractivity contribution in [3.8, 4) is 6.07 Å². The number of hydrogen-bond donors (Lipinski definition) is 2. The van der Waals surface area contributed by atoms with Crippen LogP contribution in [-0.2, 0) is 6.54 Å². The monoisotopic (exact) mass is 333 g/mol. The van der Waals surface area contributed by atoms with Crippen molar-refractivity contribution < 1.29 is 0 Å². The lowest BCUT2D eigenvalue weighted by Crippen LogP contribution is -2.39. The summed E-state index contributed by atoms with van der Waals surface area (Å²) in [6, 6.07) is 9.67. The number of rotatable bonds is 5. The molecule has 0 aromatic carbocycles. The third-order valence-corrected chi connectivity index (χ3v) is 3.72. The van der Waals surface area contributed by atoms with E-state index in [-0.39, 0.29) is 0 Å². The molecule has 2 aromatic rings. The first-order valence-corrected chi connectivity index (χ1v) is 8.06. The lowest BCUT2D eigenvalue weighted by atomic mass is 10.1. The van der Waals surface area contributed by atoms with Gasteiger partial charge in [-0.3, -0.25) is 14.7 Å². The summed E-state index contributed by atoms with van der Waals surface area (Å²) in [7, 11) is 0. The molecule has 0 saturated heterocycles. The van der Waals surface area contributed by atoms with Crippen molar-refractivity contribution >= 4 is 11.5 Å². The van der Waals surface area contributed by atoms with E-state index in [1.54, 1.807) is 12.4 Å². The van der Waals surface area contributed by atoms with Crippen LogP contribution in [0.2, 0.25) is 0 Å². The number of aromatic nitrogens is 3. The molecule has 0 fully saturated rings. The Morgan fingerprint density at radius 3 is 2.96 bits per heavy atom. The van der Waals surface area contributed by atoms with E-state index < -0.39 is 0 Å². The Labute approximate surface area is 146 Å². The standard InChI is InChI=1S/C18H19N7/c1-14-13-22-18(21-8-4-10-25-11-5-9-23-25)24-17(14)15(12-19)16-6-2-3-7-20-16/h2-3,5-7,9,11,13H,4,8,10H2,1H3,(H2,21,22,24). The average Bonchev–Trinajstić information content (AvgIpc) is 3.16. The lowest BCUT2D eigenvalue weighted by Gasteiger charge is -2.21. The second kappa shape index (κ2) is 7.93. The molecule has 0 aliphatic carbocycles. The van der Waals surface area contributed by atoms with Gasteiger partial charge in [0.2, 0.25) is 0 Å². The molecule has 3 rings (SSSR count). The minimum absolute atomic E-state index is 0.500. The highest BCUT2D eigenvalue weighted by Crippen LogP contribution is 2.20. The molecule has 3 heterocycles. The Morgan fingerprint density at radius 2 is 2.24 bits per heavy atom. The number of aliphatic imine (C=N–C) groups is 1. The maximum Gasteiger partial charge on any atom is 0.199 e. The van der Waals surface area contributed by atoms with Gasteiger partial charge in [-0.05, 0) is 37.1 Å². The quantitative estimate of drug-likeness (QED) is 0.645. The zero-order valence-electron chi connectivity index (χ0n) is 14.0. The molecule has 25 heavy (non-hydrogen) atoms. The van der Waals surface area contributed by atoms with Crippen LogP contribution in [0.15, 0.2) is 65.3 Å². The van der Waals surface area contributed by atoms with E-state index in [0.29, 0.717) is 23.8 Å². The first-order valence-electron chi connectivity index (χ1n) is 8.06. The normalized spacial score (nSPS) is 17.3. The largest absolute Gasteiger partial charge is 0.332 e. The summed E-state index contributed by atoms with van der Waals surface area (Å²) in [6.07, 6.45) is 8.10. The van der Waals surface area contributed by atoms with E-state index in [0.717, 1.165) is 24.2 Å². The van der Waals surface area contributed by atoms with Crippen molar-refractivity contribution in [1.29, 1.82) is 5.26 Å². The highest BCUT2D eigenvalue weighted by atomic mass is 15.3. The van der Waals surface area contributed by atoms with E-state index in [1.807, 2.05) is 48.3 Å². The minimum atomic E-state index is 0.500. The number of guanidine groups is 1. The van der Waals surface area contributed by atoms with Gasteiger partial charge in [-0.2, -0.15) is 10.4 Å². The van der Waals surface area contributed by atoms with Crippen LogP contribution < -0.4 is 10.6 Å². The van der Waals surface area contributed by atoms with Crippen molar-refractivity contribution in [2.45, 2.75) is 19.9 Å². The number of aryl methyl sites for hydroxylation is 1. The van der Waals surface area contributed by atoms with Crippen LogP contribution in [0.4, 0.5) is 0 Å². The zero-order chi connectivity index (χ0) is 17.5. The summed E-state index contributed by atoms with van der Waals surface area (Å²) in [5.74, 6) is 0.629. The molecular weight excluding hydrogens is 314 g/mol. The number of nitrogens with one attached hydrogen (secondary N) is 2. The van der Waals surface area contributed by atoms with Gasteiger partial charge in [-0.1, -0.05) is 6.07 Å². The molecule has 0 radical (unpaired) electrons. The average molecular weight is 333 g/mol. The summed E-state index contributed by atoms with van der Waals surface area (Å²) < 4.78 is 1.88. The summed E-state index contributed by atoms with van der Waals surface area (Å²) in [6.45, 7) is 3.41. The SMILES string of the molecule is CC1=CNC(=NCCCn2cccn2)NC1=C(C#N)c1ccccn1. The first-order chi connectivity index (χ1) is 12.3. The third kappa shape index (κ3) is 4.12. The lowest BCUT2D eigenvalue weighted by molar-refractivity contribution is 0.584. The van der Waals surface area contributed by atoms with Crippen LogP contribution in [0.5, 0.6) is 0 Å². The molecule has 126 valence electrons. The van der Waals surface area contributed by atoms with Crippen molar-refractivity contribution in [2.75, 3.05) is 6.54 Å². The number of nitrogens with zero attached hydrogens (tertiary/aromatic N) is 5. The van der Waals surface area contributed by atoms with Gasteiger partial charge in [0.05, 0.1) is 11.4 Å². The van der Waals surface area contributed by atoms with Crippen LogP contribution in [0.1, 0.15) is 19.0 Å². The Bertz CT molecular complexity index is 839. The molecular formula is C18H19N7. The minimum Gasteiger partial charge on any atom is -0.332 e. The molecule has 0 amide bonds. The number of hydrogen-bond acceptors (Lipinski definition) is 4. The predicted molar refractivity (Wildman–Crippen MR) is 95.9 cm³/mol. The second-order valence-electron chi connectivity index (χ2n) is 5.53. The predicted octanol–water partition coefficient (Wildman–Crippen LogP) is 2.06. The molecule has 0 bridgehead atoms. The number of pyridine rings is 1. The van der Waals surface area contributed by atoms with Crippen LogP contribution >= 0.6 is 0 Å². The van der Waals surface area contributed by atoms with Crippen molar-refractivity contribution in [3.05, 3.63) is 66.0 Å². The van der Waals surface area contributed by atoms with Crippen molar-refractivity contribution in [1.82, 2.24) is 25.4 Å². The van der Waals surface area contributed by atoms with Crippen LogP contribution in [0, 0.1) is 11.3 Å². The summed E-state index contributed by atoms with van der Waals surface area (Å²) in [5.41, 5.74) is 2.80. The molecule has 0 unspecified atom stereocenters. The van der Waals surface area contributed by atoms with Gasteiger partial charge >= 0.3 is 0 Å². The maximum absolute atomic E-state index is 9.57. The number of nitriles is 1. The third-order valence-electron chi connectivity index (χ3n) is 3.72. The second-order valence-corrected chi connectivity index (χ2v) is 5.53. The molecule has 1 aliphatic heterocycles. The smallest absolute Gasteiger partial charge is 0.199 e. The van der Waals surface area contributed by atoms with Gasteiger partial charge in [0.15, 0.2) is 5.96 Å². The van der Waals surface area contributed by atoms with E-state index in [2.05, 4.69) is 31.8 Å². The van der Waals surface area contributed by atoms with E-state index in [9.17, 15) is 5.26 Å². The molecule has 7 heteroatoms. The summed E-state index contributed by atoms with van der Waals surface area (Å²) in [4.78, 5) is 8.79. The fraction of sp³-hybridized carbons (Fsp3) is 0.222. The molecule has 7 nitrogen and oxygen atoms in total.